The van der Waals surface area contributed by atoms with Crippen LogP contribution < -0.4 is 4.72 Å². The number of carboxylic acid groups (broad SMARTS) is 1. The second-order valence-corrected chi connectivity index (χ2v) is 7.25. The molecule has 1 saturated carbocycles. The monoisotopic (exact) mass is 348 g/mol. The third-order valence-electron chi connectivity index (χ3n) is 3.14. The van der Waals surface area contributed by atoms with E-state index in [-0.39, 0.29) is 11.3 Å². The molecular weight excluding hydrogens is 336 g/mol. The summed E-state index contributed by atoms with van der Waals surface area (Å²) in [5.41, 5.74) is -0.854. The van der Waals surface area contributed by atoms with E-state index in [1.54, 1.807) is 0 Å². The molecule has 2 rings (SSSR count). The van der Waals surface area contributed by atoms with Gasteiger partial charge in [0.2, 0.25) is 10.0 Å². The van der Waals surface area contributed by atoms with E-state index in [9.17, 15) is 13.2 Å². The summed E-state index contributed by atoms with van der Waals surface area (Å²) in [5, 5.41) is 8.87. The van der Waals surface area contributed by atoms with Gasteiger partial charge >= 0.3 is 5.97 Å². The Morgan fingerprint density at radius 1 is 1.47 bits per heavy atom. The number of nitrogens with zero attached hydrogens (tertiary/aromatic N) is 1. The first-order chi connectivity index (χ1) is 8.83. The normalized spacial score (nSPS) is 17.7. The third-order valence-corrected chi connectivity index (χ3v) is 5.12. The molecule has 1 aromatic heterocycles. The van der Waals surface area contributed by atoms with Crippen molar-refractivity contribution in [2.24, 2.45) is 0 Å². The van der Waals surface area contributed by atoms with E-state index >= 15 is 0 Å². The summed E-state index contributed by atoms with van der Waals surface area (Å²) in [7, 11) is -3.75. The Hall–Kier alpha value is -0.990. The number of hydrogen-bond donors (Lipinski definition) is 2. The zero-order valence-corrected chi connectivity index (χ0v) is 12.4. The van der Waals surface area contributed by atoms with Gasteiger partial charge in [-0.25, -0.2) is 13.1 Å². The van der Waals surface area contributed by atoms with E-state index in [0.717, 1.165) is 6.42 Å². The maximum absolute atomic E-state index is 12.2. The molecule has 0 atom stereocenters. The number of halogens is 1. The van der Waals surface area contributed by atoms with E-state index in [0.29, 0.717) is 17.3 Å². The van der Waals surface area contributed by atoms with Crippen molar-refractivity contribution in [1.29, 1.82) is 0 Å². The van der Waals surface area contributed by atoms with E-state index < -0.39 is 21.5 Å². The molecule has 0 aliphatic heterocycles. The van der Waals surface area contributed by atoms with Crippen molar-refractivity contribution in [3.8, 4) is 0 Å². The number of aliphatic carboxylic acids is 1. The zero-order chi connectivity index (χ0) is 14.1. The second-order valence-electron chi connectivity index (χ2n) is 4.65. The van der Waals surface area contributed by atoms with E-state index in [1.165, 1.54) is 18.5 Å². The molecule has 0 bridgehead atoms. The van der Waals surface area contributed by atoms with Crippen molar-refractivity contribution in [1.82, 2.24) is 9.71 Å². The molecule has 0 unspecified atom stereocenters. The molecule has 1 heterocycles. The predicted molar refractivity (Wildman–Crippen MR) is 71.1 cm³/mol. The minimum atomic E-state index is -3.75. The summed E-state index contributed by atoms with van der Waals surface area (Å²) in [6.07, 6.45) is 4.43. The van der Waals surface area contributed by atoms with Crippen LogP contribution in [0.15, 0.2) is 27.8 Å². The van der Waals surface area contributed by atoms with Crippen molar-refractivity contribution in [2.45, 2.75) is 36.1 Å². The molecule has 2 N–H and O–H groups in total. The fourth-order valence-electron chi connectivity index (χ4n) is 2.09. The van der Waals surface area contributed by atoms with Crippen molar-refractivity contribution in [2.75, 3.05) is 0 Å². The summed E-state index contributed by atoms with van der Waals surface area (Å²) < 4.78 is 27.5. The predicted octanol–water partition coefficient (Wildman–Crippen LogP) is 1.52. The summed E-state index contributed by atoms with van der Waals surface area (Å²) in [6, 6.07) is 1.43. The van der Waals surface area contributed by atoms with Crippen LogP contribution in [-0.4, -0.2) is 30.0 Å². The Bertz CT molecular complexity index is 598. The lowest BCUT2D eigenvalue weighted by Crippen LogP contribution is -2.54. The molecular formula is C11H13BrN2O4S. The fraction of sp³-hybridized carbons (Fsp3) is 0.455. The first kappa shape index (κ1) is 14.4. The Labute approximate surface area is 119 Å². The lowest BCUT2D eigenvalue weighted by atomic mass is 9.75. The molecule has 1 fully saturated rings. The molecule has 0 amide bonds. The molecule has 6 nitrogen and oxygen atoms in total. The molecule has 0 spiro atoms. The van der Waals surface area contributed by atoms with E-state index in [2.05, 4.69) is 25.6 Å². The van der Waals surface area contributed by atoms with Gasteiger partial charge in [-0.15, -0.1) is 0 Å². The fourth-order valence-corrected chi connectivity index (χ4v) is 4.05. The SMILES string of the molecule is O=C(O)CC1(NS(=O)(=O)c2cncc(Br)c2)CCC1. The smallest absolute Gasteiger partial charge is 0.305 e. The van der Waals surface area contributed by atoms with Gasteiger partial charge in [-0.3, -0.25) is 9.78 Å². The number of sulfonamides is 1. The molecule has 1 aromatic rings. The molecule has 8 heteroatoms. The number of carboxylic acids is 1. The van der Waals surface area contributed by atoms with Gasteiger partial charge in [0.05, 0.1) is 6.42 Å². The van der Waals surface area contributed by atoms with Crippen molar-refractivity contribution >= 4 is 31.9 Å². The largest absolute Gasteiger partial charge is 0.481 e. The number of pyridine rings is 1. The maximum Gasteiger partial charge on any atom is 0.305 e. The number of nitrogens with one attached hydrogen (secondary N) is 1. The van der Waals surface area contributed by atoms with Gasteiger partial charge in [-0.2, -0.15) is 0 Å². The topological polar surface area (TPSA) is 96.4 Å². The zero-order valence-electron chi connectivity index (χ0n) is 9.97. The molecule has 0 radical (unpaired) electrons. The van der Waals surface area contributed by atoms with Gasteiger partial charge in [-0.1, -0.05) is 0 Å². The Morgan fingerprint density at radius 2 is 2.16 bits per heavy atom. The lowest BCUT2D eigenvalue weighted by Gasteiger charge is -2.40. The minimum Gasteiger partial charge on any atom is -0.481 e. The average Bonchev–Trinajstić information content (AvgIpc) is 2.25. The summed E-state index contributed by atoms with van der Waals surface area (Å²) in [5.74, 6) is -1.00. The van der Waals surface area contributed by atoms with Crippen LogP contribution in [0.2, 0.25) is 0 Å². The highest BCUT2D eigenvalue weighted by atomic mass is 79.9. The minimum absolute atomic E-state index is 0.0264. The Balaban J connectivity index is 2.23. The molecule has 19 heavy (non-hydrogen) atoms. The average molecular weight is 349 g/mol. The van der Waals surface area contributed by atoms with Crippen LogP contribution in [0.4, 0.5) is 0 Å². The van der Waals surface area contributed by atoms with Gasteiger partial charge < -0.3 is 5.11 Å². The number of carbonyl (C=O) groups is 1. The van der Waals surface area contributed by atoms with E-state index in [1.807, 2.05) is 0 Å². The summed E-state index contributed by atoms with van der Waals surface area (Å²) in [6.45, 7) is 0. The molecule has 104 valence electrons. The lowest BCUT2D eigenvalue weighted by molar-refractivity contribution is -0.139. The third kappa shape index (κ3) is 3.31. The highest BCUT2D eigenvalue weighted by Crippen LogP contribution is 2.36. The van der Waals surface area contributed by atoms with E-state index in [4.69, 9.17) is 5.11 Å². The van der Waals surface area contributed by atoms with Crippen molar-refractivity contribution in [3.05, 3.63) is 22.9 Å². The standard InChI is InChI=1S/C11H13BrN2O4S/c12-8-4-9(7-13-6-8)19(17,18)14-11(2-1-3-11)5-10(15)16/h4,6-7,14H,1-3,5H2,(H,15,16). The van der Waals surface area contributed by atoms with Crippen LogP contribution in [0.5, 0.6) is 0 Å². The highest BCUT2D eigenvalue weighted by Gasteiger charge is 2.42. The molecule has 0 aromatic carbocycles. The van der Waals surface area contributed by atoms with Gasteiger partial charge in [0.1, 0.15) is 4.90 Å². The quantitative estimate of drug-likeness (QED) is 0.840. The first-order valence-electron chi connectivity index (χ1n) is 5.69. The van der Waals surface area contributed by atoms with Gasteiger partial charge in [0, 0.05) is 22.4 Å². The summed E-state index contributed by atoms with van der Waals surface area (Å²) in [4.78, 5) is 14.7. The van der Waals surface area contributed by atoms with Crippen LogP contribution in [0.25, 0.3) is 0 Å². The van der Waals surface area contributed by atoms with Crippen LogP contribution >= 0.6 is 15.9 Å². The number of hydrogen-bond acceptors (Lipinski definition) is 4. The molecule has 1 aliphatic carbocycles. The van der Waals surface area contributed by atoms with Gasteiger partial charge in [0.25, 0.3) is 0 Å². The Kier molecular flexibility index (Phi) is 3.93. The van der Waals surface area contributed by atoms with Crippen LogP contribution in [-0.2, 0) is 14.8 Å². The number of aromatic nitrogens is 1. The Morgan fingerprint density at radius 3 is 2.63 bits per heavy atom. The maximum atomic E-state index is 12.2. The van der Waals surface area contributed by atoms with Crippen LogP contribution in [0.1, 0.15) is 25.7 Å². The van der Waals surface area contributed by atoms with Crippen molar-refractivity contribution < 1.29 is 18.3 Å². The van der Waals surface area contributed by atoms with Crippen molar-refractivity contribution in [3.63, 3.8) is 0 Å². The highest BCUT2D eigenvalue weighted by molar-refractivity contribution is 9.10. The molecule has 0 saturated heterocycles. The summed E-state index contributed by atoms with van der Waals surface area (Å²) >= 11 is 3.16. The second kappa shape index (κ2) is 5.18. The van der Waals surface area contributed by atoms with Crippen LogP contribution in [0, 0.1) is 0 Å². The number of rotatable bonds is 5. The first-order valence-corrected chi connectivity index (χ1v) is 7.97. The van der Waals surface area contributed by atoms with Gasteiger partial charge in [0.15, 0.2) is 0 Å². The van der Waals surface area contributed by atoms with Gasteiger partial charge in [-0.05, 0) is 41.3 Å². The van der Waals surface area contributed by atoms with Crippen LogP contribution in [0.3, 0.4) is 0 Å². The molecule has 1 aliphatic rings.